The first kappa shape index (κ1) is 13.8. The Morgan fingerprint density at radius 1 is 1.54 bits per heavy atom. The molecular formula is C7H9Br2ClFNS. The largest absolute Gasteiger partial charge is 0.323 e. The second-order valence-electron chi connectivity index (χ2n) is 2.35. The van der Waals surface area contributed by atoms with Crippen LogP contribution < -0.4 is 5.73 Å². The van der Waals surface area contributed by atoms with Gasteiger partial charge in [-0.2, -0.15) is 0 Å². The van der Waals surface area contributed by atoms with Gasteiger partial charge in [-0.3, -0.25) is 4.39 Å². The lowest BCUT2D eigenvalue weighted by atomic mass is 10.2. The van der Waals surface area contributed by atoms with E-state index < -0.39 is 0 Å². The van der Waals surface area contributed by atoms with Crippen molar-refractivity contribution >= 4 is 55.6 Å². The zero-order valence-electron chi connectivity index (χ0n) is 6.60. The van der Waals surface area contributed by atoms with Crippen LogP contribution in [-0.4, -0.2) is 6.67 Å². The highest BCUT2D eigenvalue weighted by Crippen LogP contribution is 2.35. The lowest BCUT2D eigenvalue weighted by Crippen LogP contribution is -2.08. The lowest BCUT2D eigenvalue weighted by Gasteiger charge is -2.04. The monoisotopic (exact) mass is 351 g/mol. The maximum absolute atomic E-state index is 11.9. The Bertz CT molecular complexity index is 249. The number of hydrogen-bond donors (Lipinski definition) is 1. The van der Waals surface area contributed by atoms with E-state index in [2.05, 4.69) is 31.9 Å². The minimum atomic E-state index is -0.367. The molecule has 1 rings (SSSR count). The van der Waals surface area contributed by atoms with Crippen LogP contribution in [0.25, 0.3) is 0 Å². The summed E-state index contributed by atoms with van der Waals surface area (Å²) in [6.07, 6.45) is 0.388. The molecule has 0 saturated carbocycles. The van der Waals surface area contributed by atoms with Gasteiger partial charge in [0.1, 0.15) is 0 Å². The van der Waals surface area contributed by atoms with Gasteiger partial charge in [-0.1, -0.05) is 0 Å². The van der Waals surface area contributed by atoms with Crippen molar-refractivity contribution in [1.82, 2.24) is 0 Å². The Hall–Kier alpha value is 0.840. The molecule has 0 aliphatic carbocycles. The summed E-state index contributed by atoms with van der Waals surface area (Å²) in [5, 5.41) is 0. The van der Waals surface area contributed by atoms with Crippen LogP contribution in [0.15, 0.2) is 14.3 Å². The first-order valence-electron chi connectivity index (χ1n) is 3.41. The highest BCUT2D eigenvalue weighted by molar-refractivity contribution is 9.13. The van der Waals surface area contributed by atoms with Crippen LogP contribution in [0.1, 0.15) is 17.3 Å². The lowest BCUT2D eigenvalue weighted by molar-refractivity contribution is 0.444. The van der Waals surface area contributed by atoms with E-state index in [-0.39, 0.29) is 25.1 Å². The molecule has 1 atom stereocenters. The molecule has 1 nitrogen and oxygen atoms in total. The molecule has 0 aliphatic heterocycles. The van der Waals surface area contributed by atoms with E-state index in [0.717, 1.165) is 13.1 Å². The van der Waals surface area contributed by atoms with Crippen LogP contribution in [-0.2, 0) is 0 Å². The van der Waals surface area contributed by atoms with Crippen molar-refractivity contribution in [3.05, 3.63) is 19.2 Å². The fraction of sp³-hybridized carbons (Fsp3) is 0.429. The Balaban J connectivity index is 0.00000144. The van der Waals surface area contributed by atoms with E-state index in [9.17, 15) is 4.39 Å². The number of nitrogens with two attached hydrogens (primary N) is 1. The summed E-state index contributed by atoms with van der Waals surface area (Å²) in [4.78, 5) is 1.01. The molecule has 1 aromatic heterocycles. The average molecular weight is 353 g/mol. The van der Waals surface area contributed by atoms with Crippen molar-refractivity contribution in [3.63, 3.8) is 0 Å². The Morgan fingerprint density at radius 2 is 2.15 bits per heavy atom. The molecule has 0 bridgehead atoms. The summed E-state index contributed by atoms with van der Waals surface area (Å²) < 4.78 is 13.9. The quantitative estimate of drug-likeness (QED) is 0.871. The van der Waals surface area contributed by atoms with Gasteiger partial charge in [0.05, 0.1) is 10.5 Å². The summed E-state index contributed by atoms with van der Waals surface area (Å²) in [6, 6.07) is 1.75. The van der Waals surface area contributed by atoms with Crippen molar-refractivity contribution < 1.29 is 4.39 Å². The molecule has 2 N–H and O–H groups in total. The number of rotatable bonds is 3. The molecule has 0 aliphatic rings. The van der Waals surface area contributed by atoms with Gasteiger partial charge >= 0.3 is 0 Å². The molecule has 0 unspecified atom stereocenters. The zero-order valence-corrected chi connectivity index (χ0v) is 11.4. The maximum Gasteiger partial charge on any atom is 0.0912 e. The predicted octanol–water partition coefficient (Wildman–Crippen LogP) is 4.05. The first-order chi connectivity index (χ1) is 5.65. The Morgan fingerprint density at radius 3 is 2.54 bits per heavy atom. The van der Waals surface area contributed by atoms with Crippen LogP contribution in [0.5, 0.6) is 0 Å². The molecule has 76 valence electrons. The fourth-order valence-corrected chi connectivity index (χ4v) is 2.93. The van der Waals surface area contributed by atoms with Crippen molar-refractivity contribution in [3.8, 4) is 0 Å². The summed E-state index contributed by atoms with van der Waals surface area (Å²) in [5.74, 6) is 0. The molecule has 6 heteroatoms. The smallest absolute Gasteiger partial charge is 0.0912 e. The summed E-state index contributed by atoms with van der Waals surface area (Å²) in [7, 11) is 0. The summed E-state index contributed by atoms with van der Waals surface area (Å²) >= 11 is 8.25. The summed E-state index contributed by atoms with van der Waals surface area (Å²) in [6.45, 7) is -0.367. The van der Waals surface area contributed by atoms with Gasteiger partial charge in [0.15, 0.2) is 0 Å². The molecule has 13 heavy (non-hydrogen) atoms. The van der Waals surface area contributed by atoms with Crippen molar-refractivity contribution in [2.45, 2.75) is 12.5 Å². The average Bonchev–Trinajstić information content (AvgIpc) is 2.33. The first-order valence-corrected chi connectivity index (χ1v) is 5.81. The standard InChI is InChI=1S/C7H8Br2FNS.ClH/c8-4-3-6(12-7(4)9)5(11)1-2-10;/h3,5H,1-2,11H2;1H/t5-;/m1./s1. The third-order valence-corrected chi connectivity index (χ3v) is 4.84. The van der Waals surface area contributed by atoms with Gasteiger partial charge in [-0.15, -0.1) is 23.7 Å². The minimum Gasteiger partial charge on any atom is -0.323 e. The van der Waals surface area contributed by atoms with Crippen molar-refractivity contribution in [2.24, 2.45) is 5.73 Å². The number of halogens is 4. The van der Waals surface area contributed by atoms with Gasteiger partial charge < -0.3 is 5.73 Å². The molecule has 0 radical (unpaired) electrons. The highest BCUT2D eigenvalue weighted by Gasteiger charge is 2.10. The van der Waals surface area contributed by atoms with E-state index in [4.69, 9.17) is 5.73 Å². The molecule has 0 spiro atoms. The van der Waals surface area contributed by atoms with Crippen LogP contribution in [0.4, 0.5) is 4.39 Å². The minimum absolute atomic E-state index is 0. The normalized spacial score (nSPS) is 12.3. The van der Waals surface area contributed by atoms with E-state index in [1.807, 2.05) is 6.07 Å². The number of thiophene rings is 1. The van der Waals surface area contributed by atoms with Crippen molar-refractivity contribution in [2.75, 3.05) is 6.67 Å². The van der Waals surface area contributed by atoms with Crippen LogP contribution in [0.3, 0.4) is 0 Å². The molecule has 1 heterocycles. The van der Waals surface area contributed by atoms with E-state index >= 15 is 0 Å². The number of alkyl halides is 1. The fourth-order valence-electron chi connectivity index (χ4n) is 0.806. The van der Waals surface area contributed by atoms with Crippen LogP contribution in [0.2, 0.25) is 0 Å². The van der Waals surface area contributed by atoms with Gasteiger partial charge in [0, 0.05) is 15.4 Å². The third-order valence-electron chi connectivity index (χ3n) is 1.45. The second-order valence-corrected chi connectivity index (χ2v) is 5.61. The number of hydrogen-bond acceptors (Lipinski definition) is 2. The van der Waals surface area contributed by atoms with Crippen LogP contribution >= 0.6 is 55.6 Å². The highest BCUT2D eigenvalue weighted by atomic mass is 79.9. The molecule has 0 amide bonds. The summed E-state index contributed by atoms with van der Waals surface area (Å²) in [5.41, 5.74) is 5.72. The zero-order chi connectivity index (χ0) is 9.14. The molecule has 0 fully saturated rings. The van der Waals surface area contributed by atoms with Crippen LogP contribution in [0, 0.1) is 0 Å². The molecular weight excluding hydrogens is 344 g/mol. The van der Waals surface area contributed by atoms with Crippen molar-refractivity contribution in [1.29, 1.82) is 0 Å². The van der Waals surface area contributed by atoms with E-state index in [1.165, 1.54) is 0 Å². The predicted molar refractivity (Wildman–Crippen MR) is 64.5 cm³/mol. The van der Waals surface area contributed by atoms with E-state index in [0.29, 0.717) is 6.42 Å². The maximum atomic E-state index is 11.9. The molecule has 1 aromatic rings. The molecule has 0 saturated heterocycles. The van der Waals surface area contributed by atoms with Gasteiger partial charge in [0.2, 0.25) is 0 Å². The second kappa shape index (κ2) is 6.35. The Kier molecular flexibility index (Phi) is 6.76. The van der Waals surface area contributed by atoms with Gasteiger partial charge in [-0.05, 0) is 44.3 Å². The van der Waals surface area contributed by atoms with Gasteiger partial charge in [0.25, 0.3) is 0 Å². The topological polar surface area (TPSA) is 26.0 Å². The third kappa shape index (κ3) is 3.83. The van der Waals surface area contributed by atoms with Gasteiger partial charge in [-0.25, -0.2) is 0 Å². The SMILES string of the molecule is Cl.N[C@H](CCF)c1cc(Br)c(Br)s1. The van der Waals surface area contributed by atoms with E-state index in [1.54, 1.807) is 11.3 Å². The Labute approximate surface area is 104 Å². The molecule has 0 aromatic carbocycles.